The Morgan fingerprint density at radius 2 is 1.38 bits per heavy atom. The molecule has 0 radical (unpaired) electrons. The van der Waals surface area contributed by atoms with Crippen molar-refractivity contribution >= 4 is 11.6 Å². The Hall–Kier alpha value is -0.660. The van der Waals surface area contributed by atoms with E-state index in [-0.39, 0.29) is 27.6 Å². The molecular formula is C30H48O2. The minimum Gasteiger partial charge on any atom is -0.299 e. The SMILES string of the molecule is CC1(C)CCC2(C)CCC3(C)C(C(=O)CC4C5(C)CCC(=O)C(C)(C)C5CCC43C)C2C1. The summed E-state index contributed by atoms with van der Waals surface area (Å²) < 4.78 is 0. The monoisotopic (exact) mass is 440 g/mol. The van der Waals surface area contributed by atoms with Crippen LogP contribution in [0.15, 0.2) is 0 Å². The van der Waals surface area contributed by atoms with Gasteiger partial charge in [0.15, 0.2) is 0 Å². The van der Waals surface area contributed by atoms with E-state index in [0.29, 0.717) is 46.6 Å². The van der Waals surface area contributed by atoms with E-state index in [4.69, 9.17) is 0 Å². The van der Waals surface area contributed by atoms with Gasteiger partial charge in [0.05, 0.1) is 0 Å². The Bertz CT molecular complexity index is 853. The molecule has 0 aromatic heterocycles. The van der Waals surface area contributed by atoms with Crippen molar-refractivity contribution in [3.05, 3.63) is 0 Å². The molecule has 5 aliphatic rings. The van der Waals surface area contributed by atoms with E-state index < -0.39 is 0 Å². The lowest BCUT2D eigenvalue weighted by atomic mass is 9.31. The fourth-order valence-corrected chi connectivity index (χ4v) is 10.8. The number of hydrogen-bond acceptors (Lipinski definition) is 2. The molecule has 180 valence electrons. The Morgan fingerprint density at radius 3 is 2.06 bits per heavy atom. The summed E-state index contributed by atoms with van der Waals surface area (Å²) in [4.78, 5) is 27.1. The summed E-state index contributed by atoms with van der Waals surface area (Å²) in [5, 5.41) is 0. The molecule has 5 fully saturated rings. The zero-order valence-electron chi connectivity index (χ0n) is 22.2. The molecule has 8 unspecified atom stereocenters. The lowest BCUT2D eigenvalue weighted by Gasteiger charge is -2.72. The Labute approximate surface area is 197 Å². The van der Waals surface area contributed by atoms with Crippen LogP contribution in [-0.2, 0) is 9.59 Å². The Balaban J connectivity index is 1.58. The van der Waals surface area contributed by atoms with Gasteiger partial charge in [-0.15, -0.1) is 0 Å². The zero-order valence-corrected chi connectivity index (χ0v) is 22.2. The summed E-state index contributed by atoms with van der Waals surface area (Å²) in [6, 6.07) is 0. The van der Waals surface area contributed by atoms with Crippen molar-refractivity contribution < 1.29 is 9.59 Å². The van der Waals surface area contributed by atoms with Crippen LogP contribution >= 0.6 is 0 Å². The molecule has 8 atom stereocenters. The summed E-state index contributed by atoms with van der Waals surface area (Å²) in [6.07, 6.45) is 11.1. The first-order valence-electron chi connectivity index (χ1n) is 13.7. The van der Waals surface area contributed by atoms with Crippen LogP contribution in [0, 0.1) is 56.2 Å². The summed E-state index contributed by atoms with van der Waals surface area (Å²) in [6.45, 7) is 19.4. The van der Waals surface area contributed by atoms with Gasteiger partial charge in [-0.25, -0.2) is 0 Å². The molecule has 0 heterocycles. The average Bonchev–Trinajstić information content (AvgIpc) is 2.68. The van der Waals surface area contributed by atoms with E-state index in [9.17, 15) is 9.59 Å². The third-order valence-electron chi connectivity index (χ3n) is 13.2. The molecular weight excluding hydrogens is 392 g/mol. The fourth-order valence-electron chi connectivity index (χ4n) is 10.8. The summed E-state index contributed by atoms with van der Waals surface area (Å²) >= 11 is 0. The minimum atomic E-state index is -0.242. The van der Waals surface area contributed by atoms with Crippen LogP contribution in [0.4, 0.5) is 0 Å². The van der Waals surface area contributed by atoms with E-state index in [2.05, 4.69) is 55.4 Å². The third kappa shape index (κ3) is 2.70. The second kappa shape index (κ2) is 6.51. The molecule has 5 rings (SSSR count). The van der Waals surface area contributed by atoms with Gasteiger partial charge in [-0.2, -0.15) is 0 Å². The molecule has 5 aliphatic carbocycles. The predicted molar refractivity (Wildman–Crippen MR) is 130 cm³/mol. The smallest absolute Gasteiger partial charge is 0.138 e. The number of carbonyl (C=O) groups is 2. The highest BCUT2D eigenvalue weighted by Gasteiger charge is 2.71. The third-order valence-corrected chi connectivity index (χ3v) is 13.2. The van der Waals surface area contributed by atoms with E-state index >= 15 is 0 Å². The van der Waals surface area contributed by atoms with Crippen molar-refractivity contribution in [2.45, 2.75) is 120 Å². The molecule has 0 spiro atoms. The molecule has 2 heteroatoms. The van der Waals surface area contributed by atoms with Crippen molar-refractivity contribution in [3.63, 3.8) is 0 Å². The fraction of sp³-hybridized carbons (Fsp3) is 0.933. The predicted octanol–water partition coefficient (Wildman–Crippen LogP) is 7.64. The molecule has 5 saturated carbocycles. The van der Waals surface area contributed by atoms with Gasteiger partial charge in [0.2, 0.25) is 0 Å². The normalized spacial score (nSPS) is 54.1. The number of Topliss-reactive ketones (excluding diaryl/α,β-unsaturated/α-hetero) is 2. The second-order valence-electron chi connectivity index (χ2n) is 15.4. The molecule has 0 N–H and O–H groups in total. The molecule has 0 aliphatic heterocycles. The number of fused-ring (bicyclic) bond motifs is 7. The number of hydrogen-bond donors (Lipinski definition) is 0. The summed E-state index contributed by atoms with van der Waals surface area (Å²) in [5.41, 5.74) is 0.880. The molecule has 2 nitrogen and oxygen atoms in total. The highest BCUT2D eigenvalue weighted by atomic mass is 16.1. The van der Waals surface area contributed by atoms with E-state index in [1.54, 1.807) is 0 Å². The largest absolute Gasteiger partial charge is 0.299 e. The number of ketones is 2. The number of carbonyl (C=O) groups excluding carboxylic acids is 2. The Morgan fingerprint density at radius 1 is 0.719 bits per heavy atom. The van der Waals surface area contributed by atoms with Gasteiger partial charge in [0, 0.05) is 24.2 Å². The van der Waals surface area contributed by atoms with Crippen molar-refractivity contribution in [2.75, 3.05) is 0 Å². The van der Waals surface area contributed by atoms with Gasteiger partial charge in [-0.3, -0.25) is 9.59 Å². The highest BCUT2D eigenvalue weighted by molar-refractivity contribution is 5.86. The van der Waals surface area contributed by atoms with Crippen LogP contribution in [-0.4, -0.2) is 11.6 Å². The highest BCUT2D eigenvalue weighted by Crippen LogP contribution is 2.76. The quantitative estimate of drug-likeness (QED) is 0.388. The van der Waals surface area contributed by atoms with E-state index in [0.717, 1.165) is 19.3 Å². The zero-order chi connectivity index (χ0) is 23.5. The topological polar surface area (TPSA) is 34.1 Å². The van der Waals surface area contributed by atoms with Crippen LogP contribution in [0.1, 0.15) is 120 Å². The minimum absolute atomic E-state index is 0.101. The number of rotatable bonds is 0. The molecule has 32 heavy (non-hydrogen) atoms. The Kier molecular flexibility index (Phi) is 4.70. The first-order chi connectivity index (χ1) is 14.6. The maximum Gasteiger partial charge on any atom is 0.138 e. The lowest BCUT2D eigenvalue weighted by Crippen LogP contribution is -2.68. The maximum atomic E-state index is 14.2. The van der Waals surface area contributed by atoms with Crippen LogP contribution in [0.5, 0.6) is 0 Å². The van der Waals surface area contributed by atoms with Crippen LogP contribution in [0.25, 0.3) is 0 Å². The molecule has 0 bridgehead atoms. The second-order valence-corrected chi connectivity index (χ2v) is 15.4. The van der Waals surface area contributed by atoms with Gasteiger partial charge in [-0.05, 0) is 96.2 Å². The van der Waals surface area contributed by atoms with E-state index in [1.165, 1.54) is 38.5 Å². The van der Waals surface area contributed by atoms with Crippen molar-refractivity contribution in [1.29, 1.82) is 0 Å². The van der Waals surface area contributed by atoms with Crippen molar-refractivity contribution in [2.24, 2.45) is 56.2 Å². The molecule has 0 amide bonds. The maximum absolute atomic E-state index is 14.2. The standard InChI is InChI=1S/C30H48O2/c1-25(2)13-14-27(5)15-16-30(8)24(19(27)18-25)20(31)17-22-28(6)11-10-23(32)26(3,4)21(28)9-12-29(22,30)7/h19,21-22,24H,9-18H2,1-8H3. The lowest BCUT2D eigenvalue weighted by molar-refractivity contribution is -0.232. The van der Waals surface area contributed by atoms with Crippen molar-refractivity contribution in [3.8, 4) is 0 Å². The molecule has 0 aromatic rings. The summed E-state index contributed by atoms with van der Waals surface area (Å²) in [7, 11) is 0. The van der Waals surface area contributed by atoms with Crippen molar-refractivity contribution in [1.82, 2.24) is 0 Å². The molecule has 0 saturated heterocycles. The van der Waals surface area contributed by atoms with E-state index in [1.807, 2.05) is 0 Å². The molecule has 0 aromatic carbocycles. The van der Waals surface area contributed by atoms with Crippen LogP contribution < -0.4 is 0 Å². The van der Waals surface area contributed by atoms with Gasteiger partial charge in [-0.1, -0.05) is 55.4 Å². The summed E-state index contributed by atoms with van der Waals surface area (Å²) in [5.74, 6) is 2.67. The average molecular weight is 441 g/mol. The van der Waals surface area contributed by atoms with Gasteiger partial charge in [0.1, 0.15) is 11.6 Å². The van der Waals surface area contributed by atoms with Crippen LogP contribution in [0.2, 0.25) is 0 Å². The van der Waals surface area contributed by atoms with Crippen LogP contribution in [0.3, 0.4) is 0 Å². The van der Waals surface area contributed by atoms with Gasteiger partial charge < -0.3 is 0 Å². The first-order valence-corrected chi connectivity index (χ1v) is 13.7. The van der Waals surface area contributed by atoms with Gasteiger partial charge in [0.25, 0.3) is 0 Å². The first kappa shape index (κ1) is 23.1. The van der Waals surface area contributed by atoms with Gasteiger partial charge >= 0.3 is 0 Å².